The molecule has 14 heteroatoms. The van der Waals surface area contributed by atoms with Crippen LogP contribution in [0, 0.1) is 0 Å². The molecule has 0 amide bonds. The van der Waals surface area contributed by atoms with Crippen LogP contribution in [0.2, 0.25) is 5.02 Å². The van der Waals surface area contributed by atoms with Gasteiger partial charge in [0.2, 0.25) is 21.9 Å². The van der Waals surface area contributed by atoms with Gasteiger partial charge in [0.15, 0.2) is 11.6 Å². The third-order valence-corrected chi connectivity index (χ3v) is 7.51. The first-order valence-corrected chi connectivity index (χ1v) is 12.8. The molecule has 35 heavy (non-hydrogen) atoms. The van der Waals surface area contributed by atoms with E-state index in [1.54, 1.807) is 22.8 Å². The molecule has 0 radical (unpaired) electrons. The van der Waals surface area contributed by atoms with Crippen LogP contribution in [0.15, 0.2) is 30.6 Å². The zero-order valence-electron chi connectivity index (χ0n) is 19.5. The monoisotopic (exact) mass is 523 g/mol. The van der Waals surface area contributed by atoms with Crippen LogP contribution < -0.4 is 9.46 Å². The summed E-state index contributed by atoms with van der Waals surface area (Å²) in [7, 11) is -1.11. The largest absolute Gasteiger partial charge is 0.481 e. The molecule has 1 fully saturated rings. The third kappa shape index (κ3) is 5.69. The fourth-order valence-electron chi connectivity index (χ4n) is 3.75. The molecule has 0 aliphatic carbocycles. The van der Waals surface area contributed by atoms with Crippen molar-refractivity contribution >= 4 is 27.6 Å². The van der Waals surface area contributed by atoms with Crippen LogP contribution in [0.25, 0.3) is 11.5 Å². The second kappa shape index (κ2) is 10.8. The minimum atomic E-state index is -4.02. The minimum absolute atomic E-state index is 0.0406. The van der Waals surface area contributed by atoms with Gasteiger partial charge in [-0.3, -0.25) is 9.29 Å². The molecular formula is C21H26ClN7O5S. The molecule has 3 aromatic heterocycles. The van der Waals surface area contributed by atoms with Crippen LogP contribution >= 0.6 is 11.6 Å². The highest BCUT2D eigenvalue weighted by atomic mass is 35.5. The fraction of sp³-hybridized carbons (Fsp3) is 0.476. The molecule has 1 aliphatic rings. The molecule has 0 saturated carbocycles. The van der Waals surface area contributed by atoms with Gasteiger partial charge in [-0.2, -0.15) is 0 Å². The molecule has 188 valence electrons. The topological polar surface area (TPSA) is 143 Å². The number of hydrogen-bond donors (Lipinski definition) is 1. The summed E-state index contributed by atoms with van der Waals surface area (Å²) in [5.41, 5.74) is 0.484. The normalized spacial score (nSPS) is 17.8. The lowest BCUT2D eigenvalue weighted by Crippen LogP contribution is -2.34. The molecule has 1 unspecified atom stereocenters. The number of aromatic nitrogens is 6. The molecule has 1 aliphatic heterocycles. The van der Waals surface area contributed by atoms with Gasteiger partial charge in [-0.1, -0.05) is 17.7 Å². The van der Waals surface area contributed by atoms with Crippen LogP contribution in [0.1, 0.15) is 31.7 Å². The van der Waals surface area contributed by atoms with Crippen molar-refractivity contribution in [2.75, 3.05) is 25.5 Å². The number of nitrogens with one attached hydrogen (secondary N) is 1. The maximum absolute atomic E-state index is 13.4. The second-order valence-corrected chi connectivity index (χ2v) is 10.4. The SMILES string of the molecule is COc1cccc(-c2nnc(NS(=O)(=O)[C@@H](C)[C@H](OC)c3ncc(Cl)cn3)n2CC2CCCO2)n1. The van der Waals surface area contributed by atoms with Gasteiger partial charge in [0, 0.05) is 32.2 Å². The van der Waals surface area contributed by atoms with Crippen LogP contribution in [-0.4, -0.2) is 70.3 Å². The highest BCUT2D eigenvalue weighted by Crippen LogP contribution is 2.28. The Kier molecular flexibility index (Phi) is 7.79. The fourth-order valence-corrected chi connectivity index (χ4v) is 4.99. The van der Waals surface area contributed by atoms with E-state index in [1.807, 2.05) is 0 Å². The van der Waals surface area contributed by atoms with E-state index in [4.69, 9.17) is 25.8 Å². The summed E-state index contributed by atoms with van der Waals surface area (Å²) in [5.74, 6) is 1.01. The summed E-state index contributed by atoms with van der Waals surface area (Å²) < 4.78 is 47.3. The number of halogens is 1. The first-order chi connectivity index (χ1) is 16.8. The Bertz CT molecular complexity index is 1250. The lowest BCUT2D eigenvalue weighted by Gasteiger charge is -2.22. The summed E-state index contributed by atoms with van der Waals surface area (Å²) in [5, 5.41) is 7.61. The van der Waals surface area contributed by atoms with Crippen LogP contribution in [-0.2, 0) is 26.0 Å². The second-order valence-electron chi connectivity index (χ2n) is 7.93. The van der Waals surface area contributed by atoms with E-state index in [0.29, 0.717) is 35.6 Å². The molecule has 0 spiro atoms. The van der Waals surface area contributed by atoms with E-state index < -0.39 is 21.4 Å². The summed E-state index contributed by atoms with van der Waals surface area (Å²) in [6.45, 7) is 2.50. The van der Waals surface area contributed by atoms with Crippen molar-refractivity contribution in [3.63, 3.8) is 0 Å². The average molecular weight is 524 g/mol. The smallest absolute Gasteiger partial charge is 0.240 e. The lowest BCUT2D eigenvalue weighted by atomic mass is 10.2. The van der Waals surface area contributed by atoms with Crippen LogP contribution in [0.4, 0.5) is 5.95 Å². The number of sulfonamides is 1. The van der Waals surface area contributed by atoms with Gasteiger partial charge in [0.1, 0.15) is 17.0 Å². The van der Waals surface area contributed by atoms with Gasteiger partial charge in [-0.05, 0) is 25.8 Å². The predicted molar refractivity (Wildman–Crippen MR) is 128 cm³/mol. The summed E-state index contributed by atoms with van der Waals surface area (Å²) in [6.07, 6.45) is 3.48. The maximum Gasteiger partial charge on any atom is 0.240 e. The van der Waals surface area contributed by atoms with Gasteiger partial charge >= 0.3 is 0 Å². The Labute approximate surface area is 208 Å². The van der Waals surface area contributed by atoms with Gasteiger partial charge in [0.05, 0.1) is 24.8 Å². The van der Waals surface area contributed by atoms with Crippen molar-refractivity contribution in [3.8, 4) is 17.4 Å². The Morgan fingerprint density at radius 2 is 2.03 bits per heavy atom. The summed E-state index contributed by atoms with van der Waals surface area (Å²) >= 11 is 5.86. The number of anilines is 1. The number of methoxy groups -OCH3 is 2. The zero-order chi connectivity index (χ0) is 25.0. The molecule has 0 aromatic carbocycles. The van der Waals surface area contributed by atoms with Crippen molar-refractivity contribution in [2.24, 2.45) is 0 Å². The van der Waals surface area contributed by atoms with Crippen molar-refractivity contribution < 1.29 is 22.6 Å². The van der Waals surface area contributed by atoms with E-state index in [-0.39, 0.29) is 17.9 Å². The summed E-state index contributed by atoms with van der Waals surface area (Å²) in [4.78, 5) is 12.6. The van der Waals surface area contributed by atoms with Crippen LogP contribution in [0.3, 0.4) is 0 Å². The Hall–Kier alpha value is -2.87. The van der Waals surface area contributed by atoms with Crippen molar-refractivity contribution in [1.29, 1.82) is 0 Å². The van der Waals surface area contributed by atoms with E-state index in [1.165, 1.54) is 33.5 Å². The van der Waals surface area contributed by atoms with E-state index in [0.717, 1.165) is 12.8 Å². The molecule has 12 nitrogen and oxygen atoms in total. The molecule has 4 rings (SSSR count). The maximum atomic E-state index is 13.4. The number of nitrogens with zero attached hydrogens (tertiary/aromatic N) is 6. The molecular weight excluding hydrogens is 498 g/mol. The standard InChI is InChI=1S/C21H26ClN7O5S/c1-13(18(33-3)19-23-10-14(22)11-24-19)35(30,31)28-21-27-26-20(16-7-4-8-17(25-16)32-2)29(21)12-15-6-5-9-34-15/h4,7-8,10-11,13,15,18H,5-6,9,12H2,1-3H3,(H,27,28)/t13-,15?,18-/m0/s1. The molecule has 3 atom stereocenters. The number of hydrogen-bond acceptors (Lipinski definition) is 10. The quantitative estimate of drug-likeness (QED) is 0.420. The van der Waals surface area contributed by atoms with Gasteiger partial charge in [-0.25, -0.2) is 23.4 Å². The molecule has 4 heterocycles. The van der Waals surface area contributed by atoms with Crippen molar-refractivity contribution in [2.45, 2.75) is 43.8 Å². The first kappa shape index (κ1) is 25.2. The number of rotatable bonds is 10. The van der Waals surface area contributed by atoms with Crippen LogP contribution in [0.5, 0.6) is 5.88 Å². The molecule has 1 saturated heterocycles. The van der Waals surface area contributed by atoms with Gasteiger partial charge in [-0.15, -0.1) is 10.2 Å². The number of ether oxygens (including phenoxy) is 3. The highest BCUT2D eigenvalue weighted by molar-refractivity contribution is 7.93. The Balaban J connectivity index is 1.66. The zero-order valence-corrected chi connectivity index (χ0v) is 21.0. The molecule has 1 N–H and O–H groups in total. The Morgan fingerprint density at radius 3 is 2.69 bits per heavy atom. The van der Waals surface area contributed by atoms with E-state index in [9.17, 15) is 8.42 Å². The van der Waals surface area contributed by atoms with Crippen molar-refractivity contribution in [1.82, 2.24) is 29.7 Å². The lowest BCUT2D eigenvalue weighted by molar-refractivity contribution is 0.0949. The number of pyridine rings is 1. The first-order valence-electron chi connectivity index (χ1n) is 10.9. The summed E-state index contributed by atoms with van der Waals surface area (Å²) in [6, 6.07) is 5.23. The van der Waals surface area contributed by atoms with E-state index >= 15 is 0 Å². The van der Waals surface area contributed by atoms with E-state index in [2.05, 4.69) is 29.9 Å². The van der Waals surface area contributed by atoms with Gasteiger partial charge in [0.25, 0.3) is 0 Å². The molecule has 0 bridgehead atoms. The van der Waals surface area contributed by atoms with Gasteiger partial charge < -0.3 is 14.2 Å². The van der Waals surface area contributed by atoms with Crippen molar-refractivity contribution in [3.05, 3.63) is 41.4 Å². The molecule has 3 aromatic rings. The predicted octanol–water partition coefficient (Wildman–Crippen LogP) is 2.49. The minimum Gasteiger partial charge on any atom is -0.481 e. The average Bonchev–Trinajstić information content (AvgIpc) is 3.51. The Morgan fingerprint density at radius 1 is 1.26 bits per heavy atom. The third-order valence-electron chi connectivity index (χ3n) is 5.62. The highest BCUT2D eigenvalue weighted by Gasteiger charge is 2.34.